The molecule has 1 aromatic rings. The highest BCUT2D eigenvalue weighted by Crippen LogP contribution is 2.27. The predicted molar refractivity (Wildman–Crippen MR) is 80.5 cm³/mol. The number of rotatable bonds is 4. The molecular weight excluding hydrogens is 274 g/mol. The van der Waals surface area contributed by atoms with Crippen molar-refractivity contribution in [3.63, 3.8) is 0 Å². The molecule has 0 unspecified atom stereocenters. The molecule has 2 aliphatic heterocycles. The van der Waals surface area contributed by atoms with E-state index >= 15 is 0 Å². The van der Waals surface area contributed by atoms with Crippen molar-refractivity contribution in [2.24, 2.45) is 0 Å². The van der Waals surface area contributed by atoms with Crippen molar-refractivity contribution in [1.82, 2.24) is 9.97 Å². The second kappa shape index (κ2) is 6.74. The van der Waals surface area contributed by atoms with Crippen LogP contribution in [0.1, 0.15) is 23.9 Å². The number of thioether (sulfide) groups is 1. The number of ether oxygens (including phenoxy) is 2. The average molecular weight is 295 g/mol. The zero-order valence-electron chi connectivity index (χ0n) is 11.9. The molecule has 0 radical (unpaired) electrons. The van der Waals surface area contributed by atoms with Gasteiger partial charge < -0.3 is 14.4 Å². The molecule has 0 aromatic carbocycles. The molecule has 2 fully saturated rings. The van der Waals surface area contributed by atoms with Crippen LogP contribution in [0.4, 0.5) is 5.82 Å². The van der Waals surface area contributed by atoms with Crippen molar-refractivity contribution in [2.45, 2.75) is 18.9 Å². The summed E-state index contributed by atoms with van der Waals surface area (Å²) in [5, 5.41) is 0. The van der Waals surface area contributed by atoms with Crippen molar-refractivity contribution in [3.05, 3.63) is 17.6 Å². The number of nitrogens with zero attached hydrogens (tertiary/aromatic N) is 3. The zero-order valence-corrected chi connectivity index (χ0v) is 12.7. The molecule has 1 atom stereocenters. The highest BCUT2D eigenvalue weighted by Gasteiger charge is 2.22. The third kappa shape index (κ3) is 3.24. The van der Waals surface area contributed by atoms with E-state index in [2.05, 4.69) is 20.9 Å². The molecule has 20 heavy (non-hydrogen) atoms. The van der Waals surface area contributed by atoms with Crippen molar-refractivity contribution < 1.29 is 9.47 Å². The molecule has 0 bridgehead atoms. The first-order valence-electron chi connectivity index (χ1n) is 7.14. The van der Waals surface area contributed by atoms with Gasteiger partial charge in [0.2, 0.25) is 0 Å². The molecule has 2 aliphatic rings. The van der Waals surface area contributed by atoms with Gasteiger partial charge in [-0.3, -0.25) is 0 Å². The molecule has 1 aromatic heterocycles. The Morgan fingerprint density at radius 3 is 2.95 bits per heavy atom. The lowest BCUT2D eigenvalue weighted by molar-refractivity contribution is 0.177. The Bertz CT molecular complexity index is 446. The van der Waals surface area contributed by atoms with E-state index in [-0.39, 0.29) is 0 Å². The van der Waals surface area contributed by atoms with Crippen LogP contribution in [0.2, 0.25) is 0 Å². The average Bonchev–Trinajstić information content (AvgIpc) is 3.02. The van der Waals surface area contributed by atoms with E-state index in [0.717, 1.165) is 50.1 Å². The van der Waals surface area contributed by atoms with Gasteiger partial charge in [0, 0.05) is 50.3 Å². The fraction of sp³-hybridized carbons (Fsp3) is 0.714. The second-order valence-electron chi connectivity index (χ2n) is 5.16. The summed E-state index contributed by atoms with van der Waals surface area (Å²) in [7, 11) is 1.69. The van der Waals surface area contributed by atoms with Gasteiger partial charge in [0.05, 0.1) is 12.3 Å². The van der Waals surface area contributed by atoms with Gasteiger partial charge in [-0.25, -0.2) is 9.97 Å². The molecule has 0 aliphatic carbocycles. The van der Waals surface area contributed by atoms with Crippen LogP contribution in [-0.2, 0) is 16.1 Å². The van der Waals surface area contributed by atoms with Gasteiger partial charge in [-0.1, -0.05) is 0 Å². The normalized spacial score (nSPS) is 23.2. The molecule has 0 N–H and O–H groups in total. The Balaban J connectivity index is 1.86. The predicted octanol–water partition coefficient (Wildman–Crippen LogP) is 1.68. The molecule has 0 amide bonds. The first-order valence-corrected chi connectivity index (χ1v) is 8.29. The van der Waals surface area contributed by atoms with Gasteiger partial charge >= 0.3 is 0 Å². The Kier molecular flexibility index (Phi) is 4.75. The number of aromatic nitrogens is 2. The van der Waals surface area contributed by atoms with E-state index in [4.69, 9.17) is 9.47 Å². The standard InChI is InChI=1S/C14H21N3O2S/c1-18-10-13-15-12(11-2-5-19-9-11)8-14(16-13)17-3-6-20-7-4-17/h8,11H,2-7,9-10H2,1H3/t11-/m1/s1. The van der Waals surface area contributed by atoms with Crippen molar-refractivity contribution in [3.8, 4) is 0 Å². The zero-order chi connectivity index (χ0) is 13.8. The van der Waals surface area contributed by atoms with Crippen LogP contribution < -0.4 is 4.90 Å². The van der Waals surface area contributed by atoms with Crippen LogP contribution in [0.5, 0.6) is 0 Å². The van der Waals surface area contributed by atoms with Crippen molar-refractivity contribution in [2.75, 3.05) is 49.8 Å². The topological polar surface area (TPSA) is 47.5 Å². The largest absolute Gasteiger partial charge is 0.381 e. The Morgan fingerprint density at radius 1 is 1.40 bits per heavy atom. The lowest BCUT2D eigenvalue weighted by Gasteiger charge is -2.28. The third-order valence-corrected chi connectivity index (χ3v) is 4.68. The number of hydrogen-bond acceptors (Lipinski definition) is 6. The lowest BCUT2D eigenvalue weighted by atomic mass is 10.0. The molecule has 2 saturated heterocycles. The highest BCUT2D eigenvalue weighted by molar-refractivity contribution is 7.99. The minimum absolute atomic E-state index is 0.409. The molecule has 6 heteroatoms. The van der Waals surface area contributed by atoms with E-state index in [0.29, 0.717) is 12.5 Å². The maximum atomic E-state index is 5.49. The maximum Gasteiger partial charge on any atom is 0.156 e. The van der Waals surface area contributed by atoms with Crippen LogP contribution in [0.15, 0.2) is 6.07 Å². The Morgan fingerprint density at radius 2 is 2.25 bits per heavy atom. The van der Waals surface area contributed by atoms with Crippen molar-refractivity contribution in [1.29, 1.82) is 0 Å². The fourth-order valence-corrected chi connectivity index (χ4v) is 3.53. The number of methoxy groups -OCH3 is 1. The fourth-order valence-electron chi connectivity index (χ4n) is 2.63. The first kappa shape index (κ1) is 14.1. The summed E-state index contributed by atoms with van der Waals surface area (Å²) < 4.78 is 10.7. The van der Waals surface area contributed by atoms with Crippen LogP contribution in [-0.4, -0.2) is 54.9 Å². The Hall–Kier alpha value is -0.850. The maximum absolute atomic E-state index is 5.49. The van der Waals surface area contributed by atoms with Crippen molar-refractivity contribution >= 4 is 17.6 Å². The molecule has 3 rings (SSSR count). The number of hydrogen-bond donors (Lipinski definition) is 0. The second-order valence-corrected chi connectivity index (χ2v) is 6.38. The molecule has 0 saturated carbocycles. The monoisotopic (exact) mass is 295 g/mol. The van der Waals surface area contributed by atoms with E-state index in [1.807, 2.05) is 11.8 Å². The first-order chi connectivity index (χ1) is 9.86. The molecule has 5 nitrogen and oxygen atoms in total. The summed E-state index contributed by atoms with van der Waals surface area (Å²) in [6, 6.07) is 2.15. The SMILES string of the molecule is COCc1nc([C@@H]2CCOC2)cc(N2CCSCC2)n1. The quantitative estimate of drug-likeness (QED) is 0.842. The van der Waals surface area contributed by atoms with E-state index in [1.54, 1.807) is 7.11 Å². The summed E-state index contributed by atoms with van der Waals surface area (Å²) in [6.45, 7) is 4.21. The minimum Gasteiger partial charge on any atom is -0.381 e. The van der Waals surface area contributed by atoms with Gasteiger partial charge in [-0.15, -0.1) is 0 Å². The lowest BCUT2D eigenvalue weighted by Crippen LogP contribution is -2.33. The Labute approximate surface area is 124 Å². The summed E-state index contributed by atoms with van der Waals surface area (Å²) in [5.74, 6) is 4.59. The third-order valence-electron chi connectivity index (χ3n) is 3.74. The minimum atomic E-state index is 0.409. The highest BCUT2D eigenvalue weighted by atomic mass is 32.2. The smallest absolute Gasteiger partial charge is 0.156 e. The molecule has 0 spiro atoms. The summed E-state index contributed by atoms with van der Waals surface area (Å²) in [4.78, 5) is 11.7. The van der Waals surface area contributed by atoms with Crippen LogP contribution in [0.3, 0.4) is 0 Å². The van der Waals surface area contributed by atoms with Gasteiger partial charge in [-0.2, -0.15) is 11.8 Å². The van der Waals surface area contributed by atoms with E-state index in [9.17, 15) is 0 Å². The number of anilines is 1. The van der Waals surface area contributed by atoms with Crippen LogP contribution in [0, 0.1) is 0 Å². The van der Waals surface area contributed by atoms with Crippen LogP contribution >= 0.6 is 11.8 Å². The summed E-state index contributed by atoms with van der Waals surface area (Å²) in [6.07, 6.45) is 1.05. The molecular formula is C14H21N3O2S. The van der Waals surface area contributed by atoms with Crippen LogP contribution in [0.25, 0.3) is 0 Å². The summed E-state index contributed by atoms with van der Waals surface area (Å²) in [5.41, 5.74) is 1.11. The van der Waals surface area contributed by atoms with Gasteiger partial charge in [0.25, 0.3) is 0 Å². The van der Waals surface area contributed by atoms with E-state index < -0.39 is 0 Å². The molecule has 110 valence electrons. The van der Waals surface area contributed by atoms with Gasteiger partial charge in [0.1, 0.15) is 12.4 Å². The summed E-state index contributed by atoms with van der Waals surface area (Å²) >= 11 is 2.01. The van der Waals surface area contributed by atoms with Gasteiger partial charge in [0.15, 0.2) is 5.82 Å². The molecule has 3 heterocycles. The van der Waals surface area contributed by atoms with Gasteiger partial charge in [-0.05, 0) is 6.42 Å². The van der Waals surface area contributed by atoms with E-state index in [1.165, 1.54) is 11.5 Å².